The first-order valence-electron chi connectivity index (χ1n) is 6.73. The fraction of sp³-hybridized carbons (Fsp3) is 0.692. The van der Waals surface area contributed by atoms with E-state index < -0.39 is 15.6 Å². The fourth-order valence-corrected chi connectivity index (χ4v) is 3.87. The van der Waals surface area contributed by atoms with Gasteiger partial charge >= 0.3 is 0 Å². The molecule has 1 N–H and O–H groups in total. The predicted octanol–water partition coefficient (Wildman–Crippen LogP) is 1.48. The van der Waals surface area contributed by atoms with E-state index in [2.05, 4.69) is 22.7 Å². The van der Waals surface area contributed by atoms with Crippen LogP contribution in [0.15, 0.2) is 11.2 Å². The number of imidazole rings is 1. The summed E-state index contributed by atoms with van der Waals surface area (Å²) in [5.41, 5.74) is -0.989. The van der Waals surface area contributed by atoms with Crippen LogP contribution in [0, 0.1) is 24.2 Å². The summed E-state index contributed by atoms with van der Waals surface area (Å²) in [6, 6.07) is 2.16. The molecule has 1 aromatic rings. The molecule has 7 heteroatoms. The number of hydrogen-bond donors (Lipinski definition) is 1. The summed E-state index contributed by atoms with van der Waals surface area (Å²) < 4.78 is 29.0. The molecule has 0 amide bonds. The number of nitrogens with zero attached hydrogens (tertiary/aromatic N) is 3. The van der Waals surface area contributed by atoms with Crippen molar-refractivity contribution in [2.24, 2.45) is 13.0 Å². The highest BCUT2D eigenvalue weighted by Gasteiger charge is 2.39. The third-order valence-corrected chi connectivity index (χ3v) is 5.44. The van der Waals surface area contributed by atoms with Crippen molar-refractivity contribution >= 4 is 10.0 Å². The van der Waals surface area contributed by atoms with Crippen LogP contribution in [0.3, 0.4) is 0 Å². The predicted molar refractivity (Wildman–Crippen MR) is 74.2 cm³/mol. The van der Waals surface area contributed by atoms with Gasteiger partial charge < -0.3 is 4.57 Å². The van der Waals surface area contributed by atoms with Gasteiger partial charge in [-0.3, -0.25) is 0 Å². The van der Waals surface area contributed by atoms with E-state index in [0.717, 1.165) is 12.8 Å². The maximum Gasteiger partial charge on any atom is 0.260 e. The second-order valence-electron chi connectivity index (χ2n) is 5.72. The second-order valence-corrected chi connectivity index (χ2v) is 7.35. The van der Waals surface area contributed by atoms with Crippen molar-refractivity contribution in [1.29, 1.82) is 5.26 Å². The summed E-state index contributed by atoms with van der Waals surface area (Å²) in [4.78, 5) is 4.03. The third kappa shape index (κ3) is 2.86. The van der Waals surface area contributed by atoms with Gasteiger partial charge in [0.2, 0.25) is 0 Å². The molecule has 0 radical (unpaired) electrons. The van der Waals surface area contributed by atoms with Crippen LogP contribution in [-0.4, -0.2) is 23.5 Å². The van der Waals surface area contributed by atoms with E-state index in [9.17, 15) is 13.7 Å². The first kappa shape index (κ1) is 15.0. The molecular formula is C13H20N4O2S. The maximum atomic E-state index is 12.4. The topological polar surface area (TPSA) is 87.8 Å². The highest BCUT2D eigenvalue weighted by atomic mass is 32.2. The van der Waals surface area contributed by atoms with E-state index in [-0.39, 0.29) is 5.03 Å². The molecule has 110 valence electrons. The van der Waals surface area contributed by atoms with Crippen LogP contribution in [0.25, 0.3) is 0 Å². The van der Waals surface area contributed by atoms with Crippen molar-refractivity contribution in [1.82, 2.24) is 14.3 Å². The average molecular weight is 296 g/mol. The molecule has 1 fully saturated rings. The van der Waals surface area contributed by atoms with Crippen molar-refractivity contribution in [3.63, 3.8) is 0 Å². The van der Waals surface area contributed by atoms with Gasteiger partial charge in [-0.2, -0.15) is 9.98 Å². The smallest absolute Gasteiger partial charge is 0.260 e. The molecule has 0 unspecified atom stereocenters. The molecule has 1 heterocycles. The molecule has 2 rings (SSSR count). The lowest BCUT2D eigenvalue weighted by Crippen LogP contribution is -2.49. The Hall–Kier alpha value is -1.39. The summed E-state index contributed by atoms with van der Waals surface area (Å²) in [5, 5.41) is 9.37. The van der Waals surface area contributed by atoms with Gasteiger partial charge in [0.25, 0.3) is 10.0 Å². The van der Waals surface area contributed by atoms with Crippen LogP contribution in [0.1, 0.15) is 38.4 Å². The highest BCUT2D eigenvalue weighted by molar-refractivity contribution is 7.89. The molecule has 0 aliphatic heterocycles. The van der Waals surface area contributed by atoms with Crippen LogP contribution < -0.4 is 4.72 Å². The first-order chi connectivity index (χ1) is 9.28. The lowest BCUT2D eigenvalue weighted by atomic mass is 9.79. The normalized spacial score (nSPS) is 27.2. The van der Waals surface area contributed by atoms with E-state index in [4.69, 9.17) is 0 Å². The van der Waals surface area contributed by atoms with Crippen LogP contribution in [0.4, 0.5) is 0 Å². The highest BCUT2D eigenvalue weighted by Crippen LogP contribution is 2.32. The van der Waals surface area contributed by atoms with Gasteiger partial charge in [0.1, 0.15) is 11.4 Å². The number of nitrogens with one attached hydrogen (secondary N) is 1. The molecule has 1 aromatic heterocycles. The zero-order valence-electron chi connectivity index (χ0n) is 12.0. The molecule has 1 aliphatic carbocycles. The quantitative estimate of drug-likeness (QED) is 0.915. The molecule has 0 aromatic carbocycles. The monoisotopic (exact) mass is 296 g/mol. The largest absolute Gasteiger partial charge is 0.337 e. The first-order valence-corrected chi connectivity index (χ1v) is 8.21. The van der Waals surface area contributed by atoms with E-state index in [1.165, 1.54) is 6.20 Å². The van der Waals surface area contributed by atoms with Crippen molar-refractivity contribution in [2.45, 2.75) is 50.1 Å². The van der Waals surface area contributed by atoms with E-state index in [0.29, 0.717) is 24.6 Å². The van der Waals surface area contributed by atoms with Gasteiger partial charge in [0.15, 0.2) is 5.03 Å². The summed E-state index contributed by atoms with van der Waals surface area (Å²) >= 11 is 0. The summed E-state index contributed by atoms with van der Waals surface area (Å²) in [7, 11) is -2.01. The van der Waals surface area contributed by atoms with Gasteiger partial charge in [-0.05, 0) is 38.5 Å². The van der Waals surface area contributed by atoms with Gasteiger partial charge in [-0.15, -0.1) is 0 Å². The van der Waals surface area contributed by atoms with Gasteiger partial charge in [0.05, 0.1) is 6.07 Å². The zero-order chi connectivity index (χ0) is 15.0. The van der Waals surface area contributed by atoms with Crippen molar-refractivity contribution in [3.8, 4) is 6.07 Å². The lowest BCUT2D eigenvalue weighted by Gasteiger charge is -2.33. The van der Waals surface area contributed by atoms with Crippen LogP contribution in [0.5, 0.6) is 0 Å². The van der Waals surface area contributed by atoms with E-state index in [1.54, 1.807) is 18.5 Å². The van der Waals surface area contributed by atoms with Gasteiger partial charge in [-0.1, -0.05) is 6.92 Å². The maximum absolute atomic E-state index is 12.4. The van der Waals surface area contributed by atoms with Crippen LogP contribution in [-0.2, 0) is 17.1 Å². The summed E-state index contributed by atoms with van der Waals surface area (Å²) in [6.07, 6.45) is 4.29. The molecule has 20 heavy (non-hydrogen) atoms. The summed E-state index contributed by atoms with van der Waals surface area (Å²) in [5.74, 6) is 1.16. The molecule has 0 spiro atoms. The van der Waals surface area contributed by atoms with E-state index >= 15 is 0 Å². The number of aromatic nitrogens is 2. The second kappa shape index (κ2) is 5.19. The lowest BCUT2D eigenvalue weighted by molar-refractivity contribution is 0.277. The van der Waals surface area contributed by atoms with E-state index in [1.807, 2.05) is 0 Å². The Morgan fingerprint density at radius 2 is 2.10 bits per heavy atom. The number of hydrogen-bond acceptors (Lipinski definition) is 4. The van der Waals surface area contributed by atoms with Crippen LogP contribution >= 0.6 is 0 Å². The summed E-state index contributed by atoms with van der Waals surface area (Å²) in [6.45, 7) is 3.86. The molecule has 1 aliphatic rings. The molecule has 0 atom stereocenters. The van der Waals surface area contributed by atoms with Crippen molar-refractivity contribution in [2.75, 3.05) is 0 Å². The fourth-order valence-electron chi connectivity index (χ4n) is 2.46. The van der Waals surface area contributed by atoms with Crippen molar-refractivity contribution < 1.29 is 8.42 Å². The number of rotatable bonds is 3. The Morgan fingerprint density at radius 3 is 2.55 bits per heavy atom. The minimum atomic E-state index is -3.75. The number of nitriles is 1. The third-order valence-electron chi connectivity index (χ3n) is 4.03. The Bertz CT molecular complexity index is 614. The van der Waals surface area contributed by atoms with Gasteiger partial charge in [0, 0.05) is 13.2 Å². The minimum Gasteiger partial charge on any atom is -0.337 e. The molecule has 6 nitrogen and oxygen atoms in total. The zero-order valence-corrected chi connectivity index (χ0v) is 12.9. The Kier molecular flexibility index (Phi) is 3.89. The minimum absolute atomic E-state index is 0.0225. The average Bonchev–Trinajstić information content (AvgIpc) is 2.74. The molecule has 1 saturated carbocycles. The Labute approximate surface area is 119 Å². The number of aryl methyl sites for hydroxylation is 2. The Morgan fingerprint density at radius 1 is 1.50 bits per heavy atom. The van der Waals surface area contributed by atoms with Crippen molar-refractivity contribution in [3.05, 3.63) is 12.0 Å². The molecule has 0 bridgehead atoms. The Balaban J connectivity index is 2.25. The standard InChI is InChI=1S/C13H20N4O2S/c1-10-4-6-13(9-14,7-5-10)16-20(18,19)12-8-17(3)11(2)15-12/h8,10,16H,4-7H2,1-3H3. The molecule has 0 saturated heterocycles. The van der Waals surface area contributed by atoms with Crippen LogP contribution in [0.2, 0.25) is 0 Å². The van der Waals surface area contributed by atoms with Gasteiger partial charge in [-0.25, -0.2) is 13.4 Å². The number of sulfonamides is 1. The molecular weight excluding hydrogens is 276 g/mol. The SMILES string of the molecule is Cc1nc(S(=O)(=O)NC2(C#N)CCC(C)CC2)cn1C.